The van der Waals surface area contributed by atoms with Crippen molar-refractivity contribution in [3.63, 3.8) is 0 Å². The molecule has 8 aromatic rings. The van der Waals surface area contributed by atoms with Gasteiger partial charge in [-0.2, -0.15) is 0 Å². The van der Waals surface area contributed by atoms with E-state index in [2.05, 4.69) is 121 Å². The zero-order valence-electron chi connectivity index (χ0n) is 19.4. The van der Waals surface area contributed by atoms with E-state index in [1.165, 1.54) is 73.4 Å². The number of rotatable bonds is 2. The summed E-state index contributed by atoms with van der Waals surface area (Å²) in [6.45, 7) is 0. The molecule has 0 aliphatic carbocycles. The van der Waals surface area contributed by atoms with Crippen molar-refractivity contribution in [1.82, 2.24) is 0 Å². The minimum absolute atomic E-state index is 1.27. The van der Waals surface area contributed by atoms with Crippen LogP contribution >= 0.6 is 22.7 Å². The van der Waals surface area contributed by atoms with Gasteiger partial charge in [-0.15, -0.1) is 22.7 Å². The summed E-state index contributed by atoms with van der Waals surface area (Å²) in [6.07, 6.45) is 0. The maximum absolute atomic E-state index is 2.37. The van der Waals surface area contributed by atoms with Crippen LogP contribution in [0.2, 0.25) is 0 Å². The molecule has 0 saturated heterocycles. The predicted octanol–water partition coefficient (Wildman–Crippen LogP) is 10.9. The van der Waals surface area contributed by atoms with Crippen LogP contribution in [0.3, 0.4) is 0 Å². The first-order valence-electron chi connectivity index (χ1n) is 12.2. The molecular weight excluding hydrogens is 473 g/mol. The average Bonchev–Trinajstić information content (AvgIpc) is 3.52. The SMILES string of the molecule is c1ccc(-c2ccc3c(c2)sc2c4sc5cc(-c6ccccc6)ccc5c4c4ccccc4c32)cc1. The van der Waals surface area contributed by atoms with Crippen LogP contribution < -0.4 is 0 Å². The molecule has 0 unspecified atom stereocenters. The van der Waals surface area contributed by atoms with Crippen molar-refractivity contribution in [3.05, 3.63) is 121 Å². The van der Waals surface area contributed by atoms with Crippen molar-refractivity contribution in [2.45, 2.75) is 0 Å². The first kappa shape index (κ1) is 20.2. The van der Waals surface area contributed by atoms with Crippen LogP contribution in [0.15, 0.2) is 121 Å². The van der Waals surface area contributed by atoms with E-state index in [1.807, 2.05) is 22.7 Å². The highest BCUT2D eigenvalue weighted by atomic mass is 32.1. The topological polar surface area (TPSA) is 0 Å². The Morgan fingerprint density at radius 1 is 0.333 bits per heavy atom. The molecule has 0 aliphatic heterocycles. The molecule has 0 aliphatic rings. The second kappa shape index (κ2) is 7.76. The van der Waals surface area contributed by atoms with E-state index in [1.54, 1.807) is 0 Å². The van der Waals surface area contributed by atoms with Gasteiger partial charge < -0.3 is 0 Å². The number of hydrogen-bond donors (Lipinski definition) is 0. The zero-order valence-corrected chi connectivity index (χ0v) is 21.0. The molecule has 2 aromatic heterocycles. The van der Waals surface area contributed by atoms with Gasteiger partial charge in [-0.05, 0) is 45.2 Å². The molecule has 0 radical (unpaired) electrons. The molecule has 168 valence electrons. The summed E-state index contributed by atoms with van der Waals surface area (Å²) in [5.74, 6) is 0. The Labute approximate surface area is 216 Å². The minimum atomic E-state index is 1.27. The number of benzene rings is 6. The van der Waals surface area contributed by atoms with E-state index in [0.717, 1.165) is 0 Å². The van der Waals surface area contributed by atoms with Gasteiger partial charge in [0.15, 0.2) is 0 Å². The van der Waals surface area contributed by atoms with Gasteiger partial charge in [0, 0.05) is 30.9 Å². The molecule has 0 spiro atoms. The molecule has 0 bridgehead atoms. The van der Waals surface area contributed by atoms with Crippen LogP contribution in [0, 0.1) is 0 Å². The van der Waals surface area contributed by atoms with Gasteiger partial charge in [-0.1, -0.05) is 109 Å². The summed E-state index contributed by atoms with van der Waals surface area (Å²) in [5, 5.41) is 8.21. The maximum Gasteiger partial charge on any atom is 0.0540 e. The quantitative estimate of drug-likeness (QED) is 0.225. The van der Waals surface area contributed by atoms with Gasteiger partial charge in [0.2, 0.25) is 0 Å². The summed E-state index contributed by atoms with van der Waals surface area (Å²) in [5.41, 5.74) is 5.09. The van der Waals surface area contributed by atoms with E-state index in [9.17, 15) is 0 Å². The summed E-state index contributed by atoms with van der Waals surface area (Å²) < 4.78 is 5.52. The van der Waals surface area contributed by atoms with Crippen LogP contribution in [0.1, 0.15) is 0 Å². The Morgan fingerprint density at radius 3 is 1.19 bits per heavy atom. The van der Waals surface area contributed by atoms with E-state index in [4.69, 9.17) is 0 Å². The second-order valence-electron chi connectivity index (χ2n) is 9.31. The highest BCUT2D eigenvalue weighted by molar-refractivity contribution is 7.33. The standard InChI is InChI=1S/C34H20S2/c1-3-9-21(10-4-1)23-15-17-27-29(19-23)35-33-31(27)25-13-7-8-14-26(25)32-28-18-16-24(20-30(28)36-34(32)33)22-11-5-2-6-12-22/h1-20H. The van der Waals surface area contributed by atoms with Gasteiger partial charge in [0.1, 0.15) is 0 Å². The van der Waals surface area contributed by atoms with Crippen molar-refractivity contribution in [2.75, 3.05) is 0 Å². The second-order valence-corrected chi connectivity index (χ2v) is 11.4. The van der Waals surface area contributed by atoms with Crippen LogP contribution in [-0.4, -0.2) is 0 Å². The van der Waals surface area contributed by atoms with Crippen molar-refractivity contribution >= 4 is 73.8 Å². The van der Waals surface area contributed by atoms with E-state index in [-0.39, 0.29) is 0 Å². The highest BCUT2D eigenvalue weighted by Crippen LogP contribution is 2.49. The largest absolute Gasteiger partial charge is 0.134 e. The smallest absolute Gasteiger partial charge is 0.0540 e. The zero-order chi connectivity index (χ0) is 23.6. The van der Waals surface area contributed by atoms with Crippen molar-refractivity contribution in [2.24, 2.45) is 0 Å². The Hall–Kier alpha value is -3.98. The third-order valence-corrected chi connectivity index (χ3v) is 9.74. The lowest BCUT2D eigenvalue weighted by molar-refractivity contribution is 1.66. The molecule has 6 aromatic carbocycles. The summed E-state index contributed by atoms with van der Waals surface area (Å²) in [6, 6.07) is 44.3. The maximum atomic E-state index is 2.37. The Bertz CT molecular complexity index is 1930. The molecule has 0 atom stereocenters. The van der Waals surface area contributed by atoms with Crippen molar-refractivity contribution in [3.8, 4) is 22.3 Å². The van der Waals surface area contributed by atoms with Gasteiger partial charge in [-0.25, -0.2) is 0 Å². The fourth-order valence-corrected chi connectivity index (χ4v) is 8.24. The fraction of sp³-hybridized carbons (Fsp3) is 0. The number of thiophene rings is 2. The Balaban J connectivity index is 1.48. The molecule has 2 heterocycles. The third-order valence-electron chi connectivity index (χ3n) is 7.27. The third kappa shape index (κ3) is 2.92. The van der Waals surface area contributed by atoms with E-state index < -0.39 is 0 Å². The molecule has 8 rings (SSSR count). The van der Waals surface area contributed by atoms with Crippen LogP contribution in [-0.2, 0) is 0 Å². The molecule has 2 heteroatoms. The van der Waals surface area contributed by atoms with Gasteiger partial charge >= 0.3 is 0 Å². The van der Waals surface area contributed by atoms with Crippen molar-refractivity contribution in [1.29, 1.82) is 0 Å². The van der Waals surface area contributed by atoms with E-state index in [0.29, 0.717) is 0 Å². The van der Waals surface area contributed by atoms with Gasteiger partial charge in [-0.3, -0.25) is 0 Å². The first-order chi connectivity index (χ1) is 17.8. The normalized spacial score (nSPS) is 11.9. The lowest BCUT2D eigenvalue weighted by atomic mass is 9.97. The lowest BCUT2D eigenvalue weighted by Crippen LogP contribution is -1.79. The molecule has 0 N–H and O–H groups in total. The first-order valence-corrected chi connectivity index (χ1v) is 13.8. The number of hydrogen-bond acceptors (Lipinski definition) is 2. The Morgan fingerprint density at radius 2 is 0.750 bits per heavy atom. The molecule has 0 nitrogen and oxygen atoms in total. The van der Waals surface area contributed by atoms with E-state index >= 15 is 0 Å². The number of fused-ring (bicyclic) bond motifs is 10. The van der Waals surface area contributed by atoms with Gasteiger partial charge in [0.05, 0.1) is 9.40 Å². The fourth-order valence-electron chi connectivity index (χ4n) is 5.59. The van der Waals surface area contributed by atoms with Gasteiger partial charge in [0.25, 0.3) is 0 Å². The summed E-state index contributed by atoms with van der Waals surface area (Å²) >= 11 is 3.88. The van der Waals surface area contributed by atoms with Crippen LogP contribution in [0.5, 0.6) is 0 Å². The lowest BCUT2D eigenvalue weighted by Gasteiger charge is -2.05. The highest BCUT2D eigenvalue weighted by Gasteiger charge is 2.18. The average molecular weight is 493 g/mol. The van der Waals surface area contributed by atoms with Crippen LogP contribution in [0.4, 0.5) is 0 Å². The van der Waals surface area contributed by atoms with Crippen molar-refractivity contribution < 1.29 is 0 Å². The Kier molecular flexibility index (Phi) is 4.36. The minimum Gasteiger partial charge on any atom is -0.134 e. The molecule has 0 amide bonds. The van der Waals surface area contributed by atoms with Crippen LogP contribution in [0.25, 0.3) is 73.4 Å². The molecule has 36 heavy (non-hydrogen) atoms. The monoisotopic (exact) mass is 492 g/mol. The summed E-state index contributed by atoms with van der Waals surface area (Å²) in [7, 11) is 0. The summed E-state index contributed by atoms with van der Waals surface area (Å²) in [4.78, 5) is 0. The molecule has 0 fully saturated rings. The molecular formula is C34H20S2. The predicted molar refractivity (Wildman–Crippen MR) is 161 cm³/mol. The molecule has 0 saturated carbocycles.